The summed E-state index contributed by atoms with van der Waals surface area (Å²) in [7, 11) is 3.96. The zero-order chi connectivity index (χ0) is 19.3. The number of carbonyl (C=O) groups is 1. The maximum Gasteiger partial charge on any atom is 0.256 e. The van der Waals surface area contributed by atoms with Crippen molar-refractivity contribution in [3.63, 3.8) is 0 Å². The van der Waals surface area contributed by atoms with Crippen LogP contribution in [0.2, 0.25) is 10.0 Å². The van der Waals surface area contributed by atoms with Gasteiger partial charge in [-0.25, -0.2) is 0 Å². The van der Waals surface area contributed by atoms with Gasteiger partial charge in [-0.2, -0.15) is 0 Å². The third-order valence-electron chi connectivity index (χ3n) is 5.04. The van der Waals surface area contributed by atoms with Crippen LogP contribution in [-0.2, 0) is 20.0 Å². The summed E-state index contributed by atoms with van der Waals surface area (Å²) in [5, 5.41) is 14.5. The third-order valence-corrected chi connectivity index (χ3v) is 5.62. The lowest BCUT2D eigenvalue weighted by Crippen LogP contribution is -2.27. The molecule has 6 nitrogen and oxygen atoms in total. The van der Waals surface area contributed by atoms with Gasteiger partial charge in [-0.05, 0) is 24.7 Å². The quantitative estimate of drug-likeness (QED) is 0.680. The van der Waals surface area contributed by atoms with E-state index in [0.29, 0.717) is 23.3 Å². The van der Waals surface area contributed by atoms with Gasteiger partial charge in [0.25, 0.3) is 5.91 Å². The molecule has 0 bridgehead atoms. The van der Waals surface area contributed by atoms with Crippen LogP contribution in [0.25, 0.3) is 10.9 Å². The maximum absolute atomic E-state index is 13.1. The van der Waals surface area contributed by atoms with Crippen LogP contribution in [0.1, 0.15) is 21.6 Å². The minimum Gasteiger partial charge on any atom is -0.506 e. The van der Waals surface area contributed by atoms with Crippen LogP contribution >= 0.6 is 23.2 Å². The number of aromatic hydroxyl groups is 1. The smallest absolute Gasteiger partial charge is 0.256 e. The Balaban J connectivity index is 1.87. The first-order chi connectivity index (χ1) is 12.9. The molecule has 0 aliphatic carbocycles. The predicted octanol–water partition coefficient (Wildman–Crippen LogP) is 3.83. The van der Waals surface area contributed by atoms with E-state index in [4.69, 9.17) is 23.2 Å². The van der Waals surface area contributed by atoms with Gasteiger partial charge in [0, 0.05) is 55.6 Å². The number of likely N-dealkylation sites (N-methyl/N-ethyl adjacent to an activating group) is 1. The van der Waals surface area contributed by atoms with E-state index >= 15 is 0 Å². The lowest BCUT2D eigenvalue weighted by molar-refractivity contribution is 0.102. The number of phenolic OH excluding ortho intramolecular Hbond substituents is 1. The molecular weight excluding hydrogens is 387 g/mol. The number of phenols is 1. The van der Waals surface area contributed by atoms with Crippen LogP contribution < -0.4 is 5.32 Å². The van der Waals surface area contributed by atoms with Crippen molar-refractivity contribution in [3.8, 4) is 5.75 Å². The molecule has 1 amide bonds. The van der Waals surface area contributed by atoms with Crippen molar-refractivity contribution in [3.05, 3.63) is 51.4 Å². The van der Waals surface area contributed by atoms with Gasteiger partial charge in [-0.3, -0.25) is 9.78 Å². The highest BCUT2D eigenvalue weighted by molar-refractivity contribution is 6.39. The number of hydrogen-bond acceptors (Lipinski definition) is 4. The molecule has 0 unspecified atom stereocenters. The number of anilines is 1. The Hall–Kier alpha value is -2.28. The number of benzene rings is 1. The highest BCUT2D eigenvalue weighted by Gasteiger charge is 2.26. The van der Waals surface area contributed by atoms with E-state index in [-0.39, 0.29) is 21.7 Å². The first kappa shape index (κ1) is 18.1. The predicted molar refractivity (Wildman–Crippen MR) is 107 cm³/mol. The fourth-order valence-electron chi connectivity index (χ4n) is 3.74. The highest BCUT2D eigenvalue weighted by Crippen LogP contribution is 2.38. The minimum atomic E-state index is -0.336. The number of hydrogen-bond donors (Lipinski definition) is 2. The summed E-state index contributed by atoms with van der Waals surface area (Å²) in [6.07, 6.45) is 3.71. The van der Waals surface area contributed by atoms with Crippen molar-refractivity contribution in [2.24, 2.45) is 7.05 Å². The normalized spacial score (nSPS) is 14.4. The van der Waals surface area contributed by atoms with Gasteiger partial charge in [0.05, 0.1) is 21.2 Å². The van der Waals surface area contributed by atoms with E-state index in [0.717, 1.165) is 29.6 Å². The number of nitrogens with zero attached hydrogens (tertiary/aromatic N) is 3. The molecule has 2 aromatic heterocycles. The number of aryl methyl sites for hydroxylation is 1. The Morgan fingerprint density at radius 3 is 2.63 bits per heavy atom. The summed E-state index contributed by atoms with van der Waals surface area (Å²) < 4.78 is 1.98. The van der Waals surface area contributed by atoms with Gasteiger partial charge in [0.1, 0.15) is 5.75 Å². The number of carbonyl (C=O) groups excluding carboxylic acids is 1. The molecule has 8 heteroatoms. The molecule has 0 radical (unpaired) electrons. The van der Waals surface area contributed by atoms with Gasteiger partial charge in [0.15, 0.2) is 0 Å². The molecule has 27 heavy (non-hydrogen) atoms. The molecule has 3 heterocycles. The lowest BCUT2D eigenvalue weighted by atomic mass is 10.00. The largest absolute Gasteiger partial charge is 0.506 e. The zero-order valence-corrected chi connectivity index (χ0v) is 16.4. The van der Waals surface area contributed by atoms with Crippen LogP contribution in [0, 0.1) is 0 Å². The third kappa shape index (κ3) is 2.94. The van der Waals surface area contributed by atoms with Crippen molar-refractivity contribution in [2.75, 3.05) is 18.9 Å². The van der Waals surface area contributed by atoms with Crippen molar-refractivity contribution in [1.82, 2.24) is 14.5 Å². The van der Waals surface area contributed by atoms with Gasteiger partial charge in [-0.15, -0.1) is 0 Å². The topological polar surface area (TPSA) is 70.4 Å². The molecule has 0 saturated heterocycles. The van der Waals surface area contributed by atoms with Gasteiger partial charge in [-0.1, -0.05) is 23.2 Å². The first-order valence-corrected chi connectivity index (χ1v) is 9.25. The van der Waals surface area contributed by atoms with E-state index in [1.807, 2.05) is 18.7 Å². The molecule has 1 aromatic carbocycles. The molecule has 0 fully saturated rings. The van der Waals surface area contributed by atoms with Crippen molar-refractivity contribution < 1.29 is 9.90 Å². The number of pyridine rings is 1. The molecule has 0 atom stereocenters. The van der Waals surface area contributed by atoms with Crippen LogP contribution in [0.5, 0.6) is 5.75 Å². The number of nitrogens with one attached hydrogen (secondary N) is 1. The van der Waals surface area contributed by atoms with E-state index in [1.165, 1.54) is 12.4 Å². The molecule has 0 saturated carbocycles. The fourth-order valence-corrected chi connectivity index (χ4v) is 4.20. The lowest BCUT2D eigenvalue weighted by Gasteiger charge is -2.23. The Morgan fingerprint density at radius 2 is 1.93 bits per heavy atom. The molecule has 140 valence electrons. The average Bonchev–Trinajstić information content (AvgIpc) is 2.92. The van der Waals surface area contributed by atoms with E-state index in [1.54, 1.807) is 12.1 Å². The van der Waals surface area contributed by atoms with Crippen molar-refractivity contribution in [1.29, 1.82) is 0 Å². The Morgan fingerprint density at radius 1 is 1.22 bits per heavy atom. The van der Waals surface area contributed by atoms with Crippen molar-refractivity contribution in [2.45, 2.75) is 13.0 Å². The average molecular weight is 405 g/mol. The minimum absolute atomic E-state index is 0.154. The van der Waals surface area contributed by atoms with E-state index in [2.05, 4.69) is 15.2 Å². The second kappa shape index (κ2) is 6.71. The molecule has 3 aromatic rings. The molecular formula is C19H18Cl2N4O2. The second-order valence-corrected chi connectivity index (χ2v) is 7.57. The molecule has 0 spiro atoms. The van der Waals surface area contributed by atoms with Gasteiger partial charge in [0.2, 0.25) is 0 Å². The second-order valence-electron chi connectivity index (χ2n) is 6.76. The van der Waals surface area contributed by atoms with Crippen LogP contribution in [0.15, 0.2) is 24.5 Å². The standard InChI is InChI=1S/C19H18Cl2N4O2/c1-24-6-5-14-11(9-24)16-10(3-4-15(26)18(16)25(14)2)19(27)23-17-12(20)7-22-8-13(17)21/h3-4,7-8,26H,5-6,9H2,1-2H3,(H,22,23,27). The monoisotopic (exact) mass is 404 g/mol. The maximum atomic E-state index is 13.1. The summed E-state index contributed by atoms with van der Waals surface area (Å²) in [6, 6.07) is 3.17. The number of fused-ring (bicyclic) bond motifs is 3. The summed E-state index contributed by atoms with van der Waals surface area (Å²) in [5.41, 5.74) is 3.66. The SMILES string of the molecule is CN1CCc2c(c3c(C(=O)Nc4c(Cl)cncc4Cl)ccc(O)c3n2C)C1. The first-order valence-electron chi connectivity index (χ1n) is 8.49. The molecule has 1 aliphatic heterocycles. The number of aromatic nitrogens is 2. The van der Waals surface area contributed by atoms with E-state index in [9.17, 15) is 9.90 Å². The summed E-state index contributed by atoms with van der Waals surface area (Å²) >= 11 is 12.3. The van der Waals surface area contributed by atoms with Gasteiger partial charge >= 0.3 is 0 Å². The fraction of sp³-hybridized carbons (Fsp3) is 0.263. The van der Waals surface area contributed by atoms with Crippen LogP contribution in [-0.4, -0.2) is 39.1 Å². The summed E-state index contributed by atoms with van der Waals surface area (Å²) in [6.45, 7) is 1.65. The number of amides is 1. The van der Waals surface area contributed by atoms with Gasteiger partial charge < -0.3 is 19.9 Å². The summed E-state index contributed by atoms with van der Waals surface area (Å²) in [4.78, 5) is 19.2. The van der Waals surface area contributed by atoms with Crippen LogP contribution in [0.3, 0.4) is 0 Å². The van der Waals surface area contributed by atoms with Crippen LogP contribution in [0.4, 0.5) is 5.69 Å². The van der Waals surface area contributed by atoms with Crippen molar-refractivity contribution >= 4 is 45.7 Å². The zero-order valence-electron chi connectivity index (χ0n) is 14.9. The number of halogens is 2. The highest BCUT2D eigenvalue weighted by atomic mass is 35.5. The Labute approximate surface area is 166 Å². The number of rotatable bonds is 2. The summed E-state index contributed by atoms with van der Waals surface area (Å²) in [5.74, 6) is -0.183. The Kier molecular flexibility index (Phi) is 4.50. The van der Waals surface area contributed by atoms with E-state index < -0.39 is 0 Å². The molecule has 2 N–H and O–H groups in total. The molecule has 1 aliphatic rings. The Bertz CT molecular complexity index is 1060. The molecule has 4 rings (SSSR count).